The van der Waals surface area contributed by atoms with E-state index < -0.39 is 35.5 Å². The van der Waals surface area contributed by atoms with Gasteiger partial charge in [-0.05, 0) is 7.05 Å². The summed E-state index contributed by atoms with van der Waals surface area (Å²) in [6, 6.07) is -2.01. The number of likely N-dealkylation sites (N-methyl/N-ethyl adjacent to an activating group) is 1. The normalized spacial score (nSPS) is 17.8. The lowest BCUT2D eigenvalue weighted by Gasteiger charge is -2.42. The van der Waals surface area contributed by atoms with E-state index in [1.807, 2.05) is 0 Å². The summed E-state index contributed by atoms with van der Waals surface area (Å²) in [4.78, 5) is 46.9. The number of ether oxygens (including phenoxy) is 3. The van der Waals surface area contributed by atoms with Crippen molar-refractivity contribution in [2.45, 2.75) is 44.3 Å². The number of carbonyl (C=O) groups is 3. The second-order valence-electron chi connectivity index (χ2n) is 5.97. The maximum atomic E-state index is 11.9. The van der Waals surface area contributed by atoms with Gasteiger partial charge in [0.2, 0.25) is 0 Å². The molecule has 1 atom stereocenters. The van der Waals surface area contributed by atoms with Gasteiger partial charge in [0.05, 0.1) is 6.04 Å². The van der Waals surface area contributed by atoms with Crippen LogP contribution in [0.1, 0.15) is 26.7 Å². The molecule has 10 heteroatoms. The minimum Gasteiger partial charge on any atom is -0.480 e. The summed E-state index contributed by atoms with van der Waals surface area (Å²) in [5.41, 5.74) is -1.37. The number of hydrogen-bond donors (Lipinski definition) is 1. The standard InChI is InChI=1S/C15H24N2O8/c1-10(18)24-8-12(9-25-11(2)19)17(3)13(14(20)21)15(16-22)4-6-23-7-5-15/h12-13H,4-9H2,1-3H3,(H,20,21). The number of esters is 2. The predicted octanol–water partition coefficient (Wildman–Crippen LogP) is 0.182. The van der Waals surface area contributed by atoms with Crippen molar-refractivity contribution in [3.05, 3.63) is 4.91 Å². The molecular formula is C15H24N2O8. The number of rotatable bonds is 9. The molecule has 1 heterocycles. The number of nitroso groups, excluding NO2 is 1. The minimum absolute atomic E-state index is 0.158. The van der Waals surface area contributed by atoms with E-state index in [0.29, 0.717) is 0 Å². The monoisotopic (exact) mass is 360 g/mol. The molecule has 10 nitrogen and oxygen atoms in total. The van der Waals surface area contributed by atoms with Gasteiger partial charge < -0.3 is 19.3 Å². The molecule has 0 aromatic heterocycles. The van der Waals surface area contributed by atoms with Gasteiger partial charge in [-0.1, -0.05) is 5.18 Å². The lowest BCUT2D eigenvalue weighted by molar-refractivity contribution is -0.154. The molecule has 1 N–H and O–H groups in total. The smallest absolute Gasteiger partial charge is 0.323 e. The molecule has 0 aromatic rings. The zero-order valence-electron chi connectivity index (χ0n) is 14.6. The van der Waals surface area contributed by atoms with Gasteiger partial charge >= 0.3 is 17.9 Å². The molecule has 0 radical (unpaired) electrons. The molecule has 0 spiro atoms. The second kappa shape index (κ2) is 9.42. The molecule has 0 saturated carbocycles. The van der Waals surface area contributed by atoms with E-state index in [1.165, 1.54) is 25.8 Å². The highest BCUT2D eigenvalue weighted by atomic mass is 16.5. The Bertz CT molecular complexity index is 486. The van der Waals surface area contributed by atoms with Crippen molar-refractivity contribution in [3.8, 4) is 0 Å². The average Bonchev–Trinajstić information content (AvgIpc) is 2.54. The maximum absolute atomic E-state index is 11.9. The summed E-state index contributed by atoms with van der Waals surface area (Å²) >= 11 is 0. The Labute approximate surface area is 145 Å². The Morgan fingerprint density at radius 1 is 1.16 bits per heavy atom. The Morgan fingerprint density at radius 3 is 2.00 bits per heavy atom. The maximum Gasteiger partial charge on any atom is 0.323 e. The molecule has 1 saturated heterocycles. The summed E-state index contributed by atoms with van der Waals surface area (Å²) in [7, 11) is 1.47. The third-order valence-electron chi connectivity index (χ3n) is 4.22. The molecule has 1 aliphatic rings. The van der Waals surface area contributed by atoms with Crippen LogP contribution in [0.15, 0.2) is 5.18 Å². The van der Waals surface area contributed by atoms with E-state index >= 15 is 0 Å². The van der Waals surface area contributed by atoms with Gasteiger partial charge in [0, 0.05) is 39.9 Å². The Balaban J connectivity index is 3.05. The van der Waals surface area contributed by atoms with Crippen LogP contribution in [0, 0.1) is 4.91 Å². The van der Waals surface area contributed by atoms with Gasteiger partial charge in [0.1, 0.15) is 24.8 Å². The minimum atomic E-state index is -1.37. The highest BCUT2D eigenvalue weighted by molar-refractivity contribution is 5.75. The fraction of sp³-hybridized carbons (Fsp3) is 0.800. The summed E-state index contributed by atoms with van der Waals surface area (Å²) < 4.78 is 15.1. The van der Waals surface area contributed by atoms with E-state index in [-0.39, 0.29) is 39.3 Å². The number of carboxylic acids is 1. The third-order valence-corrected chi connectivity index (χ3v) is 4.22. The third kappa shape index (κ3) is 5.75. The van der Waals surface area contributed by atoms with Crippen molar-refractivity contribution in [1.82, 2.24) is 4.90 Å². The fourth-order valence-corrected chi connectivity index (χ4v) is 2.84. The fourth-order valence-electron chi connectivity index (χ4n) is 2.84. The van der Waals surface area contributed by atoms with Crippen molar-refractivity contribution >= 4 is 17.9 Å². The lowest BCUT2D eigenvalue weighted by atomic mass is 9.82. The largest absolute Gasteiger partial charge is 0.480 e. The van der Waals surface area contributed by atoms with Gasteiger partial charge in [-0.2, -0.15) is 4.91 Å². The van der Waals surface area contributed by atoms with Crippen LogP contribution in [-0.2, 0) is 28.6 Å². The average molecular weight is 360 g/mol. The quantitative estimate of drug-likeness (QED) is 0.451. The number of carboxylic acid groups (broad SMARTS) is 1. The Morgan fingerprint density at radius 2 is 1.64 bits per heavy atom. The van der Waals surface area contributed by atoms with Crippen molar-refractivity contribution in [1.29, 1.82) is 0 Å². The molecule has 1 fully saturated rings. The number of aliphatic carboxylic acids is 1. The molecule has 1 unspecified atom stereocenters. The first kappa shape index (κ1) is 21.0. The van der Waals surface area contributed by atoms with Crippen LogP contribution in [0.5, 0.6) is 0 Å². The Hall–Kier alpha value is -2.07. The molecule has 0 bridgehead atoms. The summed E-state index contributed by atoms with van der Waals surface area (Å²) in [6.07, 6.45) is 0.317. The highest BCUT2D eigenvalue weighted by Gasteiger charge is 2.50. The van der Waals surface area contributed by atoms with Gasteiger partial charge in [-0.3, -0.25) is 19.3 Å². The van der Waals surface area contributed by atoms with Crippen LogP contribution in [0.25, 0.3) is 0 Å². The predicted molar refractivity (Wildman–Crippen MR) is 84.8 cm³/mol. The van der Waals surface area contributed by atoms with E-state index in [4.69, 9.17) is 14.2 Å². The zero-order valence-corrected chi connectivity index (χ0v) is 14.6. The molecular weight excluding hydrogens is 336 g/mol. The van der Waals surface area contributed by atoms with E-state index in [0.717, 1.165) is 0 Å². The zero-order chi connectivity index (χ0) is 19.0. The number of nitrogens with zero attached hydrogens (tertiary/aromatic N) is 2. The number of carbonyl (C=O) groups excluding carboxylic acids is 2. The Kier molecular flexibility index (Phi) is 7.91. The van der Waals surface area contributed by atoms with Crippen LogP contribution in [0.3, 0.4) is 0 Å². The van der Waals surface area contributed by atoms with Crippen LogP contribution in [-0.4, -0.2) is 79.0 Å². The molecule has 1 aliphatic heterocycles. The topological polar surface area (TPSA) is 132 Å². The van der Waals surface area contributed by atoms with Crippen molar-refractivity contribution in [2.75, 3.05) is 33.5 Å². The molecule has 0 aliphatic carbocycles. The van der Waals surface area contributed by atoms with Crippen LogP contribution in [0.2, 0.25) is 0 Å². The number of hydrogen-bond acceptors (Lipinski definition) is 9. The SMILES string of the molecule is CC(=O)OCC(COC(C)=O)N(C)C(C(=O)O)C1(N=O)CCOCC1. The lowest BCUT2D eigenvalue weighted by Crippen LogP contribution is -2.61. The van der Waals surface area contributed by atoms with Crippen LogP contribution < -0.4 is 0 Å². The molecule has 1 rings (SSSR count). The van der Waals surface area contributed by atoms with Gasteiger partial charge in [-0.15, -0.1) is 0 Å². The van der Waals surface area contributed by atoms with Crippen molar-refractivity contribution in [3.63, 3.8) is 0 Å². The van der Waals surface area contributed by atoms with Crippen LogP contribution >= 0.6 is 0 Å². The second-order valence-corrected chi connectivity index (χ2v) is 5.97. The first-order chi connectivity index (χ1) is 11.7. The van der Waals surface area contributed by atoms with Gasteiger partial charge in [-0.25, -0.2) is 0 Å². The van der Waals surface area contributed by atoms with Gasteiger partial charge in [0.25, 0.3) is 0 Å². The van der Waals surface area contributed by atoms with E-state index in [1.54, 1.807) is 0 Å². The van der Waals surface area contributed by atoms with Crippen molar-refractivity contribution < 1.29 is 33.7 Å². The van der Waals surface area contributed by atoms with Crippen molar-refractivity contribution in [2.24, 2.45) is 5.18 Å². The van der Waals surface area contributed by atoms with E-state index in [2.05, 4.69) is 5.18 Å². The van der Waals surface area contributed by atoms with E-state index in [9.17, 15) is 24.4 Å². The van der Waals surface area contributed by atoms with Crippen LogP contribution in [0.4, 0.5) is 0 Å². The molecule has 0 amide bonds. The first-order valence-electron chi connectivity index (χ1n) is 7.87. The summed E-state index contributed by atoms with van der Waals surface area (Å²) in [6.45, 7) is 2.50. The summed E-state index contributed by atoms with van der Waals surface area (Å²) in [5.74, 6) is -2.34. The molecule has 25 heavy (non-hydrogen) atoms. The first-order valence-corrected chi connectivity index (χ1v) is 7.87. The highest BCUT2D eigenvalue weighted by Crippen LogP contribution is 2.32. The van der Waals surface area contributed by atoms with Gasteiger partial charge in [0.15, 0.2) is 0 Å². The molecule has 0 aromatic carbocycles. The molecule has 142 valence electrons. The summed E-state index contributed by atoms with van der Waals surface area (Å²) in [5, 5.41) is 12.8.